The van der Waals surface area contributed by atoms with Crippen LogP contribution < -0.4 is 5.43 Å². The van der Waals surface area contributed by atoms with E-state index in [9.17, 15) is 23.6 Å². The number of hydrogen-bond donors (Lipinski definition) is 2. The fourth-order valence-corrected chi connectivity index (χ4v) is 3.57. The average Bonchev–Trinajstić information content (AvgIpc) is 2.63. The number of non-ortho nitro benzene ring substituents is 1. The van der Waals surface area contributed by atoms with Crippen molar-refractivity contribution in [2.75, 3.05) is 11.5 Å². The highest BCUT2D eigenvalue weighted by atomic mass is 32.2. The number of nitro benzene ring substituents is 1. The van der Waals surface area contributed by atoms with E-state index in [0.29, 0.717) is 5.56 Å². The number of aliphatic hydroxyl groups excluding tert-OH is 1. The summed E-state index contributed by atoms with van der Waals surface area (Å²) in [6, 6.07) is 5.09. The van der Waals surface area contributed by atoms with Gasteiger partial charge in [-0.15, -0.1) is 0 Å². The summed E-state index contributed by atoms with van der Waals surface area (Å²) in [6.07, 6.45) is 0.426. The monoisotopic (exact) mass is 299 g/mol. The van der Waals surface area contributed by atoms with E-state index in [-0.39, 0.29) is 17.2 Å². The van der Waals surface area contributed by atoms with Crippen LogP contribution in [0.15, 0.2) is 29.4 Å². The van der Waals surface area contributed by atoms with Gasteiger partial charge >= 0.3 is 0 Å². The lowest BCUT2D eigenvalue weighted by Crippen LogP contribution is -2.35. The number of nitrogens with one attached hydrogen (secondary N) is 1. The highest BCUT2D eigenvalue weighted by molar-refractivity contribution is 7.91. The highest BCUT2D eigenvalue weighted by Crippen LogP contribution is 2.13. The summed E-state index contributed by atoms with van der Waals surface area (Å²) in [7, 11) is -3.22. The largest absolute Gasteiger partial charge is 0.390 e. The molecule has 9 heteroatoms. The van der Waals surface area contributed by atoms with E-state index in [1.54, 1.807) is 0 Å². The van der Waals surface area contributed by atoms with Gasteiger partial charge in [-0.2, -0.15) is 5.10 Å². The number of nitro groups is 1. The van der Waals surface area contributed by atoms with Crippen molar-refractivity contribution in [1.82, 2.24) is 5.43 Å². The Hall–Kier alpha value is -2.00. The van der Waals surface area contributed by atoms with E-state index in [1.807, 2.05) is 0 Å². The Morgan fingerprint density at radius 3 is 2.50 bits per heavy atom. The number of nitrogens with zero attached hydrogens (tertiary/aromatic N) is 2. The van der Waals surface area contributed by atoms with Crippen LogP contribution in [0.5, 0.6) is 0 Å². The number of sulfone groups is 1. The van der Waals surface area contributed by atoms with Crippen molar-refractivity contribution in [3.8, 4) is 0 Å². The van der Waals surface area contributed by atoms with Crippen LogP contribution in [-0.4, -0.2) is 48.3 Å². The third-order valence-corrected chi connectivity index (χ3v) is 4.60. The maximum Gasteiger partial charge on any atom is 0.269 e. The van der Waals surface area contributed by atoms with Gasteiger partial charge in [-0.25, -0.2) is 8.42 Å². The maximum absolute atomic E-state index is 11.3. The first kappa shape index (κ1) is 14.4. The first-order chi connectivity index (χ1) is 9.37. The molecule has 0 aliphatic carbocycles. The molecule has 0 aromatic heterocycles. The van der Waals surface area contributed by atoms with Gasteiger partial charge in [0.15, 0.2) is 9.84 Å². The molecule has 0 bridgehead atoms. The molecule has 8 nitrogen and oxygen atoms in total. The Morgan fingerprint density at radius 2 is 2.00 bits per heavy atom. The van der Waals surface area contributed by atoms with Crippen molar-refractivity contribution in [1.29, 1.82) is 0 Å². The zero-order valence-electron chi connectivity index (χ0n) is 10.3. The second kappa shape index (κ2) is 5.55. The van der Waals surface area contributed by atoms with Gasteiger partial charge in [0.25, 0.3) is 5.69 Å². The summed E-state index contributed by atoms with van der Waals surface area (Å²) in [5, 5.41) is 23.8. The highest BCUT2D eigenvalue weighted by Gasteiger charge is 2.36. The molecule has 1 aliphatic heterocycles. The van der Waals surface area contributed by atoms with Crippen LogP contribution in [0.4, 0.5) is 5.69 Å². The van der Waals surface area contributed by atoms with Gasteiger partial charge in [-0.05, 0) is 17.7 Å². The predicted octanol–water partition coefficient (Wildman–Crippen LogP) is -0.324. The molecule has 2 atom stereocenters. The molecule has 0 spiro atoms. The Kier molecular flexibility index (Phi) is 4.00. The molecule has 2 unspecified atom stereocenters. The lowest BCUT2D eigenvalue weighted by atomic mass is 10.2. The molecular weight excluding hydrogens is 286 g/mol. The molecule has 2 rings (SSSR count). The van der Waals surface area contributed by atoms with Crippen LogP contribution in [0.2, 0.25) is 0 Å². The van der Waals surface area contributed by atoms with Crippen LogP contribution in [0, 0.1) is 10.1 Å². The zero-order chi connectivity index (χ0) is 14.8. The minimum absolute atomic E-state index is 0.0209. The van der Waals surface area contributed by atoms with Crippen molar-refractivity contribution in [3.63, 3.8) is 0 Å². The summed E-state index contributed by atoms with van der Waals surface area (Å²) >= 11 is 0. The number of rotatable bonds is 4. The molecule has 1 fully saturated rings. The smallest absolute Gasteiger partial charge is 0.269 e. The third-order valence-electron chi connectivity index (χ3n) is 2.88. The molecule has 2 N–H and O–H groups in total. The Labute approximate surface area is 115 Å². The van der Waals surface area contributed by atoms with E-state index in [1.165, 1.54) is 30.5 Å². The minimum atomic E-state index is -3.22. The molecule has 1 aliphatic rings. The molecule has 0 saturated carbocycles. The lowest BCUT2D eigenvalue weighted by molar-refractivity contribution is -0.384. The van der Waals surface area contributed by atoms with Gasteiger partial charge in [-0.3, -0.25) is 10.1 Å². The van der Waals surface area contributed by atoms with Gasteiger partial charge < -0.3 is 10.5 Å². The average molecular weight is 299 g/mol. The number of aliphatic hydroxyl groups is 1. The standard InChI is InChI=1S/C11H13N3O5S/c15-11-7-20(18,19)6-10(11)13-12-5-8-1-3-9(4-2-8)14(16)17/h1-5,10-11,13,15H,6-7H2/b12-5+. The molecule has 1 aromatic rings. The zero-order valence-corrected chi connectivity index (χ0v) is 11.2. The van der Waals surface area contributed by atoms with Gasteiger partial charge in [0.05, 0.1) is 34.8 Å². The van der Waals surface area contributed by atoms with Gasteiger partial charge in [0.2, 0.25) is 0 Å². The number of hydrogen-bond acceptors (Lipinski definition) is 7. The van der Waals surface area contributed by atoms with Gasteiger partial charge in [-0.1, -0.05) is 0 Å². The van der Waals surface area contributed by atoms with Gasteiger partial charge in [0, 0.05) is 12.1 Å². The fraction of sp³-hybridized carbons (Fsp3) is 0.364. The first-order valence-electron chi connectivity index (χ1n) is 5.79. The summed E-state index contributed by atoms with van der Waals surface area (Å²) in [5.74, 6) is -0.427. The van der Waals surface area contributed by atoms with E-state index in [4.69, 9.17) is 0 Å². The second-order valence-corrected chi connectivity index (χ2v) is 6.64. The molecule has 1 heterocycles. The summed E-state index contributed by atoms with van der Waals surface area (Å²) in [4.78, 5) is 9.97. The van der Waals surface area contributed by atoms with Crippen molar-refractivity contribution >= 4 is 21.7 Å². The molecule has 1 saturated heterocycles. The summed E-state index contributed by atoms with van der Waals surface area (Å²) < 4.78 is 22.5. The predicted molar refractivity (Wildman–Crippen MR) is 72.3 cm³/mol. The van der Waals surface area contributed by atoms with E-state index >= 15 is 0 Å². The molecule has 108 valence electrons. The molecule has 0 radical (unpaired) electrons. The van der Waals surface area contributed by atoms with Crippen molar-refractivity contribution in [2.45, 2.75) is 12.1 Å². The van der Waals surface area contributed by atoms with Crippen LogP contribution in [0.1, 0.15) is 5.56 Å². The third kappa shape index (κ3) is 3.52. The van der Waals surface area contributed by atoms with Crippen LogP contribution in [0.25, 0.3) is 0 Å². The fourth-order valence-electron chi connectivity index (χ4n) is 1.84. The second-order valence-electron chi connectivity index (χ2n) is 4.49. The van der Waals surface area contributed by atoms with Gasteiger partial charge in [0.1, 0.15) is 0 Å². The lowest BCUT2D eigenvalue weighted by Gasteiger charge is -2.11. The van der Waals surface area contributed by atoms with E-state index in [0.717, 1.165) is 0 Å². The number of benzene rings is 1. The molecular formula is C11H13N3O5S. The topological polar surface area (TPSA) is 122 Å². The molecule has 20 heavy (non-hydrogen) atoms. The SMILES string of the molecule is O=[N+]([O-])c1ccc(/C=N/NC2CS(=O)(=O)CC2O)cc1. The maximum atomic E-state index is 11.3. The Balaban J connectivity index is 1.95. The molecule has 1 aromatic carbocycles. The van der Waals surface area contributed by atoms with Crippen molar-refractivity contribution < 1.29 is 18.4 Å². The van der Waals surface area contributed by atoms with E-state index in [2.05, 4.69) is 10.5 Å². The summed E-state index contributed by atoms with van der Waals surface area (Å²) in [5.41, 5.74) is 3.18. The minimum Gasteiger partial charge on any atom is -0.390 e. The van der Waals surface area contributed by atoms with Crippen LogP contribution >= 0.6 is 0 Å². The Bertz CT molecular complexity index is 626. The van der Waals surface area contributed by atoms with Crippen LogP contribution in [-0.2, 0) is 9.84 Å². The molecule has 0 amide bonds. The van der Waals surface area contributed by atoms with E-state index < -0.39 is 26.9 Å². The quantitative estimate of drug-likeness (QED) is 0.446. The van der Waals surface area contributed by atoms with Crippen molar-refractivity contribution in [3.05, 3.63) is 39.9 Å². The normalized spacial score (nSPS) is 24.9. The Morgan fingerprint density at radius 1 is 1.35 bits per heavy atom. The summed E-state index contributed by atoms with van der Waals surface area (Å²) in [6.45, 7) is 0. The van der Waals surface area contributed by atoms with Crippen molar-refractivity contribution in [2.24, 2.45) is 5.10 Å². The van der Waals surface area contributed by atoms with Crippen LogP contribution in [0.3, 0.4) is 0 Å². The first-order valence-corrected chi connectivity index (χ1v) is 7.61. The number of hydrazone groups is 1.